The summed E-state index contributed by atoms with van der Waals surface area (Å²) in [6.07, 6.45) is 4.40. The van der Waals surface area contributed by atoms with Gasteiger partial charge in [-0.15, -0.1) is 0 Å². The number of aliphatic carboxylic acids is 1. The summed E-state index contributed by atoms with van der Waals surface area (Å²) < 4.78 is 6.92. The van der Waals surface area contributed by atoms with E-state index >= 15 is 0 Å². The maximum atomic E-state index is 12.6. The van der Waals surface area contributed by atoms with E-state index in [0.29, 0.717) is 12.3 Å². The minimum absolute atomic E-state index is 0.0886. The van der Waals surface area contributed by atoms with Gasteiger partial charge in [0.05, 0.1) is 6.42 Å². The summed E-state index contributed by atoms with van der Waals surface area (Å²) in [6.45, 7) is 8.69. The Bertz CT molecular complexity index is 679. The van der Waals surface area contributed by atoms with Crippen LogP contribution in [0.2, 0.25) is 0 Å². The second-order valence-electron chi connectivity index (χ2n) is 8.60. The highest BCUT2D eigenvalue weighted by atomic mass is 127. The van der Waals surface area contributed by atoms with Crippen LogP contribution < -0.4 is 10.1 Å². The van der Waals surface area contributed by atoms with E-state index < -0.39 is 12.1 Å². The molecule has 1 aromatic rings. The molecule has 1 saturated carbocycles. The number of carbonyl (C=O) groups excluding carboxylic acids is 1. The molecule has 5 nitrogen and oxygen atoms in total. The Morgan fingerprint density at radius 2 is 1.64 bits per heavy atom. The lowest BCUT2D eigenvalue weighted by molar-refractivity contribution is -0.140. The van der Waals surface area contributed by atoms with Crippen molar-refractivity contribution in [3.05, 3.63) is 26.8 Å². The third kappa shape index (κ3) is 6.09. The maximum Gasteiger partial charge on any atom is 0.412 e. The van der Waals surface area contributed by atoms with Crippen LogP contribution in [-0.4, -0.2) is 23.7 Å². The van der Waals surface area contributed by atoms with Gasteiger partial charge in [0.15, 0.2) is 0 Å². The van der Waals surface area contributed by atoms with Crippen LogP contribution in [0.1, 0.15) is 89.2 Å². The Kier molecular flexibility index (Phi) is 8.16. The zero-order valence-electron chi connectivity index (χ0n) is 17.3. The molecule has 0 aromatic heterocycles. The predicted octanol–water partition coefficient (Wildman–Crippen LogP) is 6.05. The van der Waals surface area contributed by atoms with Gasteiger partial charge in [0.1, 0.15) is 5.75 Å². The number of nitrogens with one attached hydrogen (secondary N) is 1. The molecule has 6 heteroatoms. The van der Waals surface area contributed by atoms with E-state index in [2.05, 4.69) is 67.7 Å². The summed E-state index contributed by atoms with van der Waals surface area (Å²) in [5.74, 6) is 0.288. The number of ether oxygens (including phenoxy) is 1. The highest BCUT2D eigenvalue weighted by Gasteiger charge is 2.35. The van der Waals surface area contributed by atoms with Gasteiger partial charge in [-0.2, -0.15) is 0 Å². The van der Waals surface area contributed by atoms with Gasteiger partial charge in [-0.1, -0.05) is 47.0 Å². The number of hydrogen-bond donors (Lipinski definition) is 2. The summed E-state index contributed by atoms with van der Waals surface area (Å²) in [6, 6.07) is 4.12. The van der Waals surface area contributed by atoms with Crippen molar-refractivity contribution in [2.45, 2.75) is 78.1 Å². The number of carbonyl (C=O) groups is 2. The molecule has 2 rings (SSSR count). The molecule has 0 heterocycles. The topological polar surface area (TPSA) is 75.6 Å². The van der Waals surface area contributed by atoms with Crippen molar-refractivity contribution in [2.75, 3.05) is 6.54 Å². The molecule has 0 saturated heterocycles. The first kappa shape index (κ1) is 23.0. The van der Waals surface area contributed by atoms with Gasteiger partial charge in [0.25, 0.3) is 0 Å². The van der Waals surface area contributed by atoms with Gasteiger partial charge in [-0.25, -0.2) is 4.79 Å². The van der Waals surface area contributed by atoms with Gasteiger partial charge < -0.3 is 15.2 Å². The van der Waals surface area contributed by atoms with Crippen LogP contribution in [0.3, 0.4) is 0 Å². The fraction of sp³-hybridized carbons (Fsp3) is 0.636. The third-order valence-corrected chi connectivity index (χ3v) is 6.22. The van der Waals surface area contributed by atoms with Crippen molar-refractivity contribution in [3.8, 4) is 5.75 Å². The van der Waals surface area contributed by atoms with Gasteiger partial charge in [0, 0.05) is 10.1 Å². The molecule has 0 atom stereocenters. The minimum atomic E-state index is -0.807. The number of carboxylic acids is 1. The van der Waals surface area contributed by atoms with Crippen molar-refractivity contribution in [3.63, 3.8) is 0 Å². The lowest BCUT2D eigenvalue weighted by Crippen LogP contribution is -2.41. The molecule has 1 aliphatic carbocycles. The van der Waals surface area contributed by atoms with Crippen molar-refractivity contribution >= 4 is 34.7 Å². The summed E-state index contributed by atoms with van der Waals surface area (Å²) in [5.41, 5.74) is 1.67. The Morgan fingerprint density at radius 3 is 2.11 bits per heavy atom. The molecular formula is C22H32INO4. The second kappa shape index (κ2) is 9.94. The second-order valence-corrected chi connectivity index (χ2v) is 9.84. The Hall–Kier alpha value is -1.31. The van der Waals surface area contributed by atoms with Gasteiger partial charge >= 0.3 is 12.1 Å². The van der Waals surface area contributed by atoms with Gasteiger partial charge in [-0.05, 0) is 75.9 Å². The van der Waals surface area contributed by atoms with E-state index in [0.717, 1.165) is 46.8 Å². The van der Waals surface area contributed by atoms with Crippen LogP contribution in [0, 0.1) is 8.99 Å². The number of rotatable bonds is 7. The van der Waals surface area contributed by atoms with Crippen LogP contribution in [0.25, 0.3) is 0 Å². The largest absolute Gasteiger partial charge is 0.481 e. The molecule has 0 spiro atoms. The Balaban J connectivity index is 2.17. The Labute approximate surface area is 181 Å². The summed E-state index contributed by atoms with van der Waals surface area (Å²) in [5, 5.41) is 12.2. The number of amides is 1. The van der Waals surface area contributed by atoms with Crippen LogP contribution >= 0.6 is 22.6 Å². The van der Waals surface area contributed by atoms with E-state index in [1.807, 2.05) is 0 Å². The number of hydrogen-bond acceptors (Lipinski definition) is 3. The number of carboxylic acid groups (broad SMARTS) is 1. The van der Waals surface area contributed by atoms with Crippen LogP contribution in [0.4, 0.5) is 4.79 Å². The van der Waals surface area contributed by atoms with Crippen molar-refractivity contribution in [1.29, 1.82) is 0 Å². The standard InChI is InChI=1S/C22H32INO4/c1-14(2)17-10-16(23)11-18(15(3)4)20(17)28-21(27)24-13-22(12-19(25)26)8-6-5-7-9-22/h10-11,14-15H,5-9,12-13H2,1-4H3,(H,24,27)(H,25,26). The number of halogens is 1. The van der Waals surface area contributed by atoms with Crippen molar-refractivity contribution in [1.82, 2.24) is 5.32 Å². The molecule has 0 bridgehead atoms. The van der Waals surface area contributed by atoms with Gasteiger partial charge in [0.2, 0.25) is 0 Å². The SMILES string of the molecule is CC(C)c1cc(I)cc(C(C)C)c1OC(=O)NCC1(CC(=O)O)CCCCC1. The molecule has 156 valence electrons. The van der Waals surface area contributed by atoms with E-state index in [-0.39, 0.29) is 23.7 Å². The average Bonchev–Trinajstić information content (AvgIpc) is 2.61. The summed E-state index contributed by atoms with van der Waals surface area (Å²) in [4.78, 5) is 24.0. The van der Waals surface area contributed by atoms with Crippen LogP contribution in [0.5, 0.6) is 5.75 Å². The van der Waals surface area contributed by atoms with E-state index in [9.17, 15) is 14.7 Å². The Morgan fingerprint density at radius 1 is 1.11 bits per heavy atom. The zero-order valence-corrected chi connectivity index (χ0v) is 19.5. The van der Waals surface area contributed by atoms with Crippen molar-refractivity contribution in [2.24, 2.45) is 5.41 Å². The van der Waals surface area contributed by atoms with E-state index in [4.69, 9.17) is 4.74 Å². The lowest BCUT2D eigenvalue weighted by Gasteiger charge is -2.36. The first-order chi connectivity index (χ1) is 13.1. The predicted molar refractivity (Wildman–Crippen MR) is 119 cm³/mol. The quantitative estimate of drug-likeness (QED) is 0.446. The highest BCUT2D eigenvalue weighted by molar-refractivity contribution is 14.1. The van der Waals surface area contributed by atoms with Crippen LogP contribution in [0.15, 0.2) is 12.1 Å². The molecule has 28 heavy (non-hydrogen) atoms. The van der Waals surface area contributed by atoms with Gasteiger partial charge in [-0.3, -0.25) is 4.79 Å². The normalized spacial score (nSPS) is 16.2. The molecule has 2 N–H and O–H groups in total. The fourth-order valence-electron chi connectivity index (χ4n) is 4.04. The van der Waals surface area contributed by atoms with Crippen molar-refractivity contribution < 1.29 is 19.4 Å². The maximum absolute atomic E-state index is 12.6. The average molecular weight is 501 g/mol. The molecule has 1 aliphatic rings. The molecule has 0 radical (unpaired) electrons. The first-order valence-electron chi connectivity index (χ1n) is 10.1. The third-order valence-electron chi connectivity index (χ3n) is 5.60. The van der Waals surface area contributed by atoms with E-state index in [1.165, 1.54) is 0 Å². The molecule has 0 aliphatic heterocycles. The fourth-order valence-corrected chi connectivity index (χ4v) is 4.71. The zero-order chi connectivity index (χ0) is 20.9. The van der Waals surface area contributed by atoms with E-state index in [1.54, 1.807) is 0 Å². The minimum Gasteiger partial charge on any atom is -0.481 e. The molecule has 1 aromatic carbocycles. The lowest BCUT2D eigenvalue weighted by atomic mass is 9.72. The smallest absolute Gasteiger partial charge is 0.412 e. The molecular weight excluding hydrogens is 469 g/mol. The molecule has 0 unspecified atom stereocenters. The summed E-state index contributed by atoms with van der Waals surface area (Å²) >= 11 is 2.30. The highest BCUT2D eigenvalue weighted by Crippen LogP contribution is 2.39. The first-order valence-corrected chi connectivity index (χ1v) is 11.2. The number of benzene rings is 1. The molecule has 1 amide bonds. The monoisotopic (exact) mass is 501 g/mol. The molecule has 1 fully saturated rings. The summed E-state index contributed by atoms with van der Waals surface area (Å²) in [7, 11) is 0. The van der Waals surface area contributed by atoms with Crippen LogP contribution in [-0.2, 0) is 4.79 Å².